The molecule has 1 atom stereocenters. The molecule has 0 bridgehead atoms. The van der Waals surface area contributed by atoms with Crippen LogP contribution in [0.15, 0.2) is 94.2 Å². The van der Waals surface area contributed by atoms with Crippen LogP contribution in [0.4, 0.5) is 0 Å². The zero-order valence-corrected chi connectivity index (χ0v) is 15.8. The van der Waals surface area contributed by atoms with Gasteiger partial charge in [-0.15, -0.1) is 0 Å². The van der Waals surface area contributed by atoms with E-state index in [0.29, 0.717) is 16.9 Å². The molecule has 4 nitrogen and oxygen atoms in total. The Labute approximate surface area is 167 Å². The first-order valence-electron chi connectivity index (χ1n) is 9.39. The lowest BCUT2D eigenvalue weighted by atomic mass is 9.88. The molecule has 0 fully saturated rings. The summed E-state index contributed by atoms with van der Waals surface area (Å²) < 4.78 is 17.2. The number of methoxy groups -OCH3 is 1. The van der Waals surface area contributed by atoms with Gasteiger partial charge in [-0.25, -0.2) is 4.79 Å². The van der Waals surface area contributed by atoms with Crippen molar-refractivity contribution in [3.8, 4) is 11.5 Å². The summed E-state index contributed by atoms with van der Waals surface area (Å²) in [5.74, 6) is 1.74. The second kappa shape index (κ2) is 6.99. The second-order valence-electron chi connectivity index (χ2n) is 6.88. The van der Waals surface area contributed by atoms with Gasteiger partial charge >= 0.3 is 5.63 Å². The average molecular weight is 382 g/mol. The van der Waals surface area contributed by atoms with E-state index in [1.807, 2.05) is 78.9 Å². The summed E-state index contributed by atoms with van der Waals surface area (Å²) in [6.07, 6.45) is 1.98. The Morgan fingerprint density at radius 1 is 0.862 bits per heavy atom. The molecule has 0 saturated heterocycles. The predicted molar refractivity (Wildman–Crippen MR) is 112 cm³/mol. The third-order valence-corrected chi connectivity index (χ3v) is 5.17. The zero-order chi connectivity index (χ0) is 19.8. The molecule has 0 aliphatic carbocycles. The van der Waals surface area contributed by atoms with Crippen molar-refractivity contribution in [3.05, 3.63) is 112 Å². The Morgan fingerprint density at radius 3 is 2.34 bits per heavy atom. The normalized spacial score (nSPS) is 15.3. The maximum Gasteiger partial charge on any atom is 0.344 e. The molecule has 0 saturated carbocycles. The van der Waals surface area contributed by atoms with Crippen molar-refractivity contribution in [1.29, 1.82) is 0 Å². The van der Waals surface area contributed by atoms with Crippen LogP contribution in [-0.2, 0) is 0 Å². The summed E-state index contributed by atoms with van der Waals surface area (Å²) in [5.41, 5.74) is 2.55. The summed E-state index contributed by atoms with van der Waals surface area (Å²) in [6, 6.07) is 25.1. The van der Waals surface area contributed by atoms with E-state index in [9.17, 15) is 4.79 Å². The summed E-state index contributed by atoms with van der Waals surface area (Å²) in [6.45, 7) is 0. The highest BCUT2D eigenvalue weighted by Crippen LogP contribution is 2.43. The van der Waals surface area contributed by atoms with Crippen molar-refractivity contribution in [1.82, 2.24) is 0 Å². The minimum absolute atomic E-state index is 0.291. The highest BCUT2D eigenvalue weighted by molar-refractivity contribution is 5.87. The molecule has 1 aliphatic heterocycles. The number of benzene rings is 3. The summed E-state index contributed by atoms with van der Waals surface area (Å²) in [7, 11) is 1.63. The molecule has 4 heteroatoms. The number of allylic oxidation sites excluding steroid dienone is 1. The fraction of sp³-hybridized carbons (Fsp3) is 0.0800. The van der Waals surface area contributed by atoms with Crippen LogP contribution in [0.5, 0.6) is 11.5 Å². The molecule has 29 heavy (non-hydrogen) atoms. The van der Waals surface area contributed by atoms with Gasteiger partial charge in [-0.05, 0) is 35.9 Å². The Bertz CT molecular complexity index is 1270. The third kappa shape index (κ3) is 2.99. The molecule has 1 unspecified atom stereocenters. The van der Waals surface area contributed by atoms with Crippen LogP contribution in [0, 0.1) is 0 Å². The SMILES string of the molecule is COc1ccc(C2C=C(c3ccccc3)Oc3c2c(=O)oc2ccccc32)cc1. The minimum Gasteiger partial charge on any atom is -0.497 e. The lowest BCUT2D eigenvalue weighted by Crippen LogP contribution is -2.19. The van der Waals surface area contributed by atoms with Gasteiger partial charge in [-0.3, -0.25) is 0 Å². The van der Waals surface area contributed by atoms with E-state index in [1.165, 1.54) is 0 Å². The van der Waals surface area contributed by atoms with Crippen molar-refractivity contribution in [2.24, 2.45) is 0 Å². The molecule has 4 aromatic rings. The van der Waals surface area contributed by atoms with Gasteiger partial charge in [0.2, 0.25) is 0 Å². The average Bonchev–Trinajstić information content (AvgIpc) is 2.79. The van der Waals surface area contributed by atoms with Crippen molar-refractivity contribution in [2.75, 3.05) is 7.11 Å². The third-order valence-electron chi connectivity index (χ3n) is 5.17. The predicted octanol–water partition coefficient (Wildman–Crippen LogP) is 5.37. The monoisotopic (exact) mass is 382 g/mol. The first kappa shape index (κ1) is 17.3. The molecule has 3 aromatic carbocycles. The van der Waals surface area contributed by atoms with E-state index in [0.717, 1.165) is 28.0 Å². The van der Waals surface area contributed by atoms with Gasteiger partial charge in [0.25, 0.3) is 0 Å². The van der Waals surface area contributed by atoms with Crippen molar-refractivity contribution in [3.63, 3.8) is 0 Å². The van der Waals surface area contributed by atoms with Gasteiger partial charge in [0.15, 0.2) is 0 Å². The fourth-order valence-corrected chi connectivity index (χ4v) is 3.72. The Balaban J connectivity index is 1.76. The molecule has 1 aromatic heterocycles. The number of rotatable bonds is 3. The van der Waals surface area contributed by atoms with E-state index in [1.54, 1.807) is 13.2 Å². The second-order valence-corrected chi connectivity index (χ2v) is 6.88. The van der Waals surface area contributed by atoms with Crippen molar-refractivity contribution in [2.45, 2.75) is 5.92 Å². The van der Waals surface area contributed by atoms with Crippen LogP contribution in [0.2, 0.25) is 0 Å². The van der Waals surface area contributed by atoms with E-state index in [4.69, 9.17) is 13.9 Å². The van der Waals surface area contributed by atoms with Gasteiger partial charge in [0, 0.05) is 11.5 Å². The Kier molecular flexibility index (Phi) is 4.17. The molecule has 0 amide bonds. The molecule has 0 spiro atoms. The molecule has 142 valence electrons. The highest BCUT2D eigenvalue weighted by Gasteiger charge is 2.30. The molecular formula is C25H18O4. The zero-order valence-electron chi connectivity index (χ0n) is 15.8. The van der Waals surface area contributed by atoms with Crippen LogP contribution >= 0.6 is 0 Å². The van der Waals surface area contributed by atoms with Crippen molar-refractivity contribution >= 4 is 16.7 Å². The summed E-state index contributed by atoms with van der Waals surface area (Å²) >= 11 is 0. The molecule has 0 radical (unpaired) electrons. The van der Waals surface area contributed by atoms with Crippen LogP contribution in [0.3, 0.4) is 0 Å². The van der Waals surface area contributed by atoms with E-state index < -0.39 is 0 Å². The smallest absolute Gasteiger partial charge is 0.344 e. The Morgan fingerprint density at radius 2 is 1.59 bits per heavy atom. The van der Waals surface area contributed by atoms with Crippen LogP contribution in [0.25, 0.3) is 16.7 Å². The number of hydrogen-bond donors (Lipinski definition) is 0. The molecule has 2 heterocycles. The standard InChI is InChI=1S/C25H18O4/c1-27-18-13-11-16(12-14-18)20-15-22(17-7-3-2-4-8-17)28-24-19-9-5-6-10-21(19)29-25(26)23(20)24/h2-15,20H,1H3. The van der Waals surface area contributed by atoms with E-state index >= 15 is 0 Å². The fourth-order valence-electron chi connectivity index (χ4n) is 3.72. The lowest BCUT2D eigenvalue weighted by molar-refractivity contribution is 0.414. The molecular weight excluding hydrogens is 364 g/mol. The summed E-state index contributed by atoms with van der Waals surface area (Å²) in [4.78, 5) is 12.9. The molecule has 5 rings (SSSR count). The molecule has 0 N–H and O–H groups in total. The van der Waals surface area contributed by atoms with Crippen LogP contribution in [-0.4, -0.2) is 7.11 Å². The maximum atomic E-state index is 12.9. The first-order valence-corrected chi connectivity index (χ1v) is 9.39. The summed E-state index contributed by atoms with van der Waals surface area (Å²) in [5, 5.41) is 0.780. The van der Waals surface area contributed by atoms with Gasteiger partial charge in [-0.1, -0.05) is 54.6 Å². The van der Waals surface area contributed by atoms with Gasteiger partial charge in [-0.2, -0.15) is 0 Å². The van der Waals surface area contributed by atoms with E-state index in [-0.39, 0.29) is 11.5 Å². The molecule has 1 aliphatic rings. The highest BCUT2D eigenvalue weighted by atomic mass is 16.5. The van der Waals surface area contributed by atoms with E-state index in [2.05, 4.69) is 0 Å². The van der Waals surface area contributed by atoms with Gasteiger partial charge < -0.3 is 13.9 Å². The van der Waals surface area contributed by atoms with Gasteiger partial charge in [0.1, 0.15) is 22.8 Å². The number of fused-ring (bicyclic) bond motifs is 3. The topological polar surface area (TPSA) is 48.7 Å². The van der Waals surface area contributed by atoms with Gasteiger partial charge in [0.05, 0.1) is 18.1 Å². The van der Waals surface area contributed by atoms with Crippen LogP contribution < -0.4 is 15.1 Å². The largest absolute Gasteiger partial charge is 0.497 e. The number of para-hydroxylation sites is 1. The van der Waals surface area contributed by atoms with Crippen molar-refractivity contribution < 1.29 is 13.9 Å². The lowest BCUT2D eigenvalue weighted by Gasteiger charge is -2.25. The maximum absolute atomic E-state index is 12.9. The quantitative estimate of drug-likeness (QED) is 0.447. The minimum atomic E-state index is -0.386. The first-order chi connectivity index (χ1) is 14.2. The number of hydrogen-bond acceptors (Lipinski definition) is 4. The number of ether oxygens (including phenoxy) is 2. The van der Waals surface area contributed by atoms with Crippen LogP contribution in [0.1, 0.15) is 22.6 Å². The Hall–Kier alpha value is -3.79.